The van der Waals surface area contributed by atoms with Crippen molar-refractivity contribution in [2.24, 2.45) is 0 Å². The molecule has 0 saturated carbocycles. The van der Waals surface area contributed by atoms with E-state index in [1.807, 2.05) is 19.1 Å². The van der Waals surface area contributed by atoms with Crippen LogP contribution < -0.4 is 10.1 Å². The third-order valence-electron chi connectivity index (χ3n) is 4.04. The Bertz CT molecular complexity index is 1090. The van der Waals surface area contributed by atoms with Crippen LogP contribution in [0.15, 0.2) is 54.9 Å². The number of amides is 1. The molecule has 30 heavy (non-hydrogen) atoms. The maximum Gasteiger partial charge on any atom is 0.306 e. The number of carbonyl (C=O) groups excluding carboxylic acids is 1. The van der Waals surface area contributed by atoms with E-state index in [0.717, 1.165) is 11.8 Å². The van der Waals surface area contributed by atoms with E-state index in [-0.39, 0.29) is 35.8 Å². The molecule has 0 aliphatic rings. The summed E-state index contributed by atoms with van der Waals surface area (Å²) < 4.78 is 6.94. The zero-order chi connectivity index (χ0) is 21.7. The SMILES string of the molecule is Cc1ccc(Oc2cc(NC(=O)CCn3cc([N+](=O)[O-])cn3)cc([N+](=O)[O-])c2)cc1. The van der Waals surface area contributed by atoms with Crippen molar-refractivity contribution in [3.05, 3.63) is 80.7 Å². The Kier molecular flexibility index (Phi) is 6.01. The normalized spacial score (nSPS) is 10.4. The zero-order valence-electron chi connectivity index (χ0n) is 15.8. The van der Waals surface area contributed by atoms with Gasteiger partial charge >= 0.3 is 5.69 Å². The lowest BCUT2D eigenvalue weighted by Crippen LogP contribution is -2.15. The van der Waals surface area contributed by atoms with Crippen molar-refractivity contribution in [3.63, 3.8) is 0 Å². The van der Waals surface area contributed by atoms with Crippen LogP contribution in [0, 0.1) is 27.2 Å². The van der Waals surface area contributed by atoms with Gasteiger partial charge in [0, 0.05) is 25.1 Å². The minimum absolute atomic E-state index is 0.0321. The van der Waals surface area contributed by atoms with Gasteiger partial charge in [-0.15, -0.1) is 0 Å². The first-order chi connectivity index (χ1) is 14.3. The highest BCUT2D eigenvalue weighted by Gasteiger charge is 2.14. The lowest BCUT2D eigenvalue weighted by atomic mass is 10.2. The van der Waals surface area contributed by atoms with Crippen molar-refractivity contribution in [1.29, 1.82) is 0 Å². The third-order valence-corrected chi connectivity index (χ3v) is 4.04. The molecule has 0 radical (unpaired) electrons. The molecule has 0 atom stereocenters. The molecule has 1 aromatic heterocycles. The Hall–Kier alpha value is -4.28. The standard InChI is InChI=1S/C19H17N5O6/c1-13-2-4-17(5-3-13)30-18-9-14(8-15(10-18)23(26)27)21-19(25)6-7-22-12-16(11-20-22)24(28)29/h2-5,8-12H,6-7H2,1H3,(H,21,25). The molecule has 0 aliphatic heterocycles. The van der Waals surface area contributed by atoms with Crippen molar-refractivity contribution >= 4 is 23.0 Å². The second-order valence-electron chi connectivity index (χ2n) is 6.40. The van der Waals surface area contributed by atoms with Crippen LogP contribution in [-0.2, 0) is 11.3 Å². The van der Waals surface area contributed by atoms with Gasteiger partial charge in [-0.2, -0.15) is 5.10 Å². The summed E-state index contributed by atoms with van der Waals surface area (Å²) in [6, 6.07) is 11.1. The predicted molar refractivity (Wildman–Crippen MR) is 106 cm³/mol. The van der Waals surface area contributed by atoms with Gasteiger partial charge in [0.2, 0.25) is 5.91 Å². The van der Waals surface area contributed by atoms with Gasteiger partial charge < -0.3 is 10.1 Å². The van der Waals surface area contributed by atoms with Gasteiger partial charge in [-0.05, 0) is 19.1 Å². The van der Waals surface area contributed by atoms with E-state index < -0.39 is 15.8 Å². The molecule has 2 aromatic carbocycles. The van der Waals surface area contributed by atoms with Gasteiger partial charge in [-0.1, -0.05) is 17.7 Å². The Morgan fingerprint density at radius 2 is 1.77 bits per heavy atom. The summed E-state index contributed by atoms with van der Waals surface area (Å²) in [5.41, 5.74) is 0.823. The van der Waals surface area contributed by atoms with Crippen molar-refractivity contribution in [1.82, 2.24) is 9.78 Å². The number of carbonyl (C=O) groups is 1. The van der Waals surface area contributed by atoms with Crippen LogP contribution >= 0.6 is 0 Å². The number of ether oxygens (including phenoxy) is 1. The summed E-state index contributed by atoms with van der Waals surface area (Å²) in [4.78, 5) is 32.9. The molecule has 0 unspecified atom stereocenters. The van der Waals surface area contributed by atoms with Crippen LogP contribution in [-0.4, -0.2) is 25.5 Å². The number of aryl methyl sites for hydroxylation is 2. The maximum atomic E-state index is 12.2. The van der Waals surface area contributed by atoms with Gasteiger partial charge in [-0.25, -0.2) is 0 Å². The molecule has 0 aliphatic carbocycles. The highest BCUT2D eigenvalue weighted by atomic mass is 16.6. The summed E-state index contributed by atoms with van der Waals surface area (Å²) in [6.07, 6.45) is 2.27. The van der Waals surface area contributed by atoms with E-state index in [9.17, 15) is 25.0 Å². The number of nitro benzene ring substituents is 1. The van der Waals surface area contributed by atoms with Crippen LogP contribution in [0.3, 0.4) is 0 Å². The molecule has 0 fully saturated rings. The van der Waals surface area contributed by atoms with E-state index in [0.29, 0.717) is 5.75 Å². The number of benzene rings is 2. The molecule has 3 rings (SSSR count). The fraction of sp³-hybridized carbons (Fsp3) is 0.158. The Morgan fingerprint density at radius 1 is 1.07 bits per heavy atom. The highest BCUT2D eigenvalue weighted by Crippen LogP contribution is 2.30. The first kappa shape index (κ1) is 20.5. The molecule has 0 saturated heterocycles. The zero-order valence-corrected chi connectivity index (χ0v) is 15.8. The summed E-state index contributed by atoms with van der Waals surface area (Å²) >= 11 is 0. The number of aromatic nitrogens is 2. The number of nitrogens with one attached hydrogen (secondary N) is 1. The molecular weight excluding hydrogens is 394 g/mol. The molecule has 11 nitrogen and oxygen atoms in total. The van der Waals surface area contributed by atoms with Crippen LogP contribution in [0.2, 0.25) is 0 Å². The van der Waals surface area contributed by atoms with E-state index in [1.54, 1.807) is 12.1 Å². The largest absolute Gasteiger partial charge is 0.457 e. The first-order valence-electron chi connectivity index (χ1n) is 8.81. The highest BCUT2D eigenvalue weighted by molar-refractivity contribution is 5.91. The fourth-order valence-electron chi connectivity index (χ4n) is 2.57. The Morgan fingerprint density at radius 3 is 2.40 bits per heavy atom. The molecular formula is C19H17N5O6. The molecule has 1 heterocycles. The number of hydrogen-bond donors (Lipinski definition) is 1. The second kappa shape index (κ2) is 8.82. The predicted octanol–water partition coefficient (Wildman–Crippen LogP) is 3.83. The molecule has 0 bridgehead atoms. The number of nitro groups is 2. The van der Waals surface area contributed by atoms with Gasteiger partial charge in [0.25, 0.3) is 5.69 Å². The molecule has 154 valence electrons. The van der Waals surface area contributed by atoms with Crippen LogP contribution in [0.1, 0.15) is 12.0 Å². The van der Waals surface area contributed by atoms with E-state index in [1.165, 1.54) is 29.1 Å². The summed E-state index contributed by atoms with van der Waals surface area (Å²) in [7, 11) is 0. The van der Waals surface area contributed by atoms with Crippen LogP contribution in [0.5, 0.6) is 11.5 Å². The summed E-state index contributed by atoms with van der Waals surface area (Å²) in [6.45, 7) is 2.04. The van der Waals surface area contributed by atoms with E-state index >= 15 is 0 Å². The monoisotopic (exact) mass is 411 g/mol. The molecule has 3 aromatic rings. The average molecular weight is 411 g/mol. The number of rotatable bonds is 8. The van der Waals surface area contributed by atoms with Gasteiger partial charge in [0.1, 0.15) is 23.9 Å². The number of hydrogen-bond acceptors (Lipinski definition) is 7. The van der Waals surface area contributed by atoms with Crippen molar-refractivity contribution in [2.45, 2.75) is 19.9 Å². The first-order valence-corrected chi connectivity index (χ1v) is 8.81. The Labute approximate surface area is 170 Å². The minimum atomic E-state index is -0.583. The maximum absolute atomic E-state index is 12.2. The van der Waals surface area contributed by atoms with E-state index in [4.69, 9.17) is 4.74 Å². The van der Waals surface area contributed by atoms with Gasteiger partial charge in [0.15, 0.2) is 0 Å². The minimum Gasteiger partial charge on any atom is -0.457 e. The quantitative estimate of drug-likeness (QED) is 0.438. The number of anilines is 1. The van der Waals surface area contributed by atoms with Crippen molar-refractivity contribution in [3.8, 4) is 11.5 Å². The van der Waals surface area contributed by atoms with Crippen LogP contribution in [0.25, 0.3) is 0 Å². The van der Waals surface area contributed by atoms with Crippen molar-refractivity contribution < 1.29 is 19.4 Å². The lowest BCUT2D eigenvalue weighted by Gasteiger charge is -2.10. The van der Waals surface area contributed by atoms with Crippen molar-refractivity contribution in [2.75, 3.05) is 5.32 Å². The number of nitrogens with zero attached hydrogens (tertiary/aromatic N) is 4. The summed E-state index contributed by atoms with van der Waals surface area (Å²) in [5, 5.41) is 28.3. The second-order valence-corrected chi connectivity index (χ2v) is 6.40. The fourth-order valence-corrected chi connectivity index (χ4v) is 2.57. The molecule has 11 heteroatoms. The number of non-ortho nitro benzene ring substituents is 1. The molecule has 0 spiro atoms. The topological polar surface area (TPSA) is 142 Å². The summed E-state index contributed by atoms with van der Waals surface area (Å²) in [5.74, 6) is 0.264. The average Bonchev–Trinajstić information content (AvgIpc) is 3.17. The third kappa shape index (κ3) is 5.38. The smallest absolute Gasteiger partial charge is 0.306 e. The van der Waals surface area contributed by atoms with Crippen LogP contribution in [0.4, 0.5) is 17.1 Å². The Balaban J connectivity index is 1.69. The van der Waals surface area contributed by atoms with E-state index in [2.05, 4.69) is 10.4 Å². The molecule has 1 amide bonds. The van der Waals surface area contributed by atoms with Gasteiger partial charge in [0.05, 0.1) is 21.6 Å². The van der Waals surface area contributed by atoms with Gasteiger partial charge in [-0.3, -0.25) is 29.7 Å². The lowest BCUT2D eigenvalue weighted by molar-refractivity contribution is -0.385. The molecule has 1 N–H and O–H groups in total.